The van der Waals surface area contributed by atoms with Crippen LogP contribution in [0.2, 0.25) is 0 Å². The van der Waals surface area contributed by atoms with Gasteiger partial charge in [0.15, 0.2) is 0 Å². The van der Waals surface area contributed by atoms with E-state index in [4.69, 9.17) is 33.2 Å². The van der Waals surface area contributed by atoms with Crippen molar-refractivity contribution in [1.82, 2.24) is 29.4 Å². The Hall–Kier alpha value is -4.92. The van der Waals surface area contributed by atoms with Crippen LogP contribution in [-0.4, -0.2) is 215 Å². The Labute approximate surface area is 325 Å². The summed E-state index contributed by atoms with van der Waals surface area (Å²) in [5.41, 5.74) is 0. The molecule has 4 fully saturated rings. The van der Waals surface area contributed by atoms with Gasteiger partial charge >= 0.3 is 42.3 Å². The van der Waals surface area contributed by atoms with E-state index in [9.17, 15) is 38.4 Å². The maximum atomic E-state index is 12.8. The molecule has 0 aromatic carbocycles. The number of hydrogen-bond donors (Lipinski definition) is 0. The SMILES string of the molecule is O=C(CCCN1CCOC1=O)CCN(CCC(=O)OCCN1CCOC1=O)CCN(CCC(=O)OCCN1CCOC1=O)CCC(=O)OCCN1CCOC1=O. The second kappa shape index (κ2) is 23.9. The third-order valence-corrected chi connectivity index (χ3v) is 9.47. The summed E-state index contributed by atoms with van der Waals surface area (Å²) in [4.78, 5) is 107. The van der Waals surface area contributed by atoms with Crippen molar-refractivity contribution in [3.8, 4) is 0 Å². The van der Waals surface area contributed by atoms with Gasteiger partial charge in [0.25, 0.3) is 0 Å². The van der Waals surface area contributed by atoms with Crippen LogP contribution in [-0.2, 0) is 52.3 Å². The smallest absolute Gasteiger partial charge is 0.410 e. The highest BCUT2D eigenvalue weighted by atomic mass is 16.6. The van der Waals surface area contributed by atoms with Crippen LogP contribution in [0, 0.1) is 0 Å². The van der Waals surface area contributed by atoms with Crippen LogP contribution in [0.4, 0.5) is 19.2 Å². The van der Waals surface area contributed by atoms with E-state index in [-0.39, 0.29) is 123 Å². The lowest BCUT2D eigenvalue weighted by molar-refractivity contribution is -0.145. The van der Waals surface area contributed by atoms with Crippen LogP contribution in [0.5, 0.6) is 0 Å². The molecule has 21 heteroatoms. The third kappa shape index (κ3) is 16.0. The first-order valence-corrected chi connectivity index (χ1v) is 19.2. The zero-order chi connectivity index (χ0) is 40.1. The molecule has 0 unspecified atom stereocenters. The summed E-state index contributed by atoms with van der Waals surface area (Å²) < 4.78 is 35.6. The molecule has 0 aromatic rings. The van der Waals surface area contributed by atoms with Gasteiger partial charge in [0.1, 0.15) is 52.0 Å². The molecule has 4 aliphatic rings. The summed E-state index contributed by atoms with van der Waals surface area (Å²) in [6.45, 7) is 5.82. The molecule has 4 saturated heterocycles. The highest BCUT2D eigenvalue weighted by Crippen LogP contribution is 2.09. The lowest BCUT2D eigenvalue weighted by Gasteiger charge is -2.27. The van der Waals surface area contributed by atoms with E-state index < -0.39 is 36.2 Å². The van der Waals surface area contributed by atoms with Gasteiger partial charge in [-0.25, -0.2) is 19.2 Å². The van der Waals surface area contributed by atoms with E-state index in [2.05, 4.69) is 0 Å². The average Bonchev–Trinajstić information content (AvgIpc) is 3.99. The van der Waals surface area contributed by atoms with Gasteiger partial charge in [0.05, 0.1) is 65.1 Å². The quantitative estimate of drug-likeness (QED) is 0.0747. The molecule has 0 radical (unpaired) electrons. The van der Waals surface area contributed by atoms with Crippen molar-refractivity contribution in [1.29, 1.82) is 0 Å². The van der Waals surface area contributed by atoms with Crippen molar-refractivity contribution >= 4 is 48.1 Å². The maximum absolute atomic E-state index is 12.8. The first-order valence-electron chi connectivity index (χ1n) is 19.2. The van der Waals surface area contributed by atoms with Gasteiger partial charge in [-0.15, -0.1) is 0 Å². The minimum atomic E-state index is -0.489. The highest BCUT2D eigenvalue weighted by molar-refractivity contribution is 5.78. The Bertz CT molecular complexity index is 1170. The number of cyclic esters (lactones) is 4. The predicted octanol–water partition coefficient (Wildman–Crippen LogP) is -0.0615. The number of ketones is 1. The number of rotatable bonds is 28. The van der Waals surface area contributed by atoms with Crippen molar-refractivity contribution in [2.24, 2.45) is 0 Å². The molecule has 4 amide bonds. The Morgan fingerprint density at radius 2 is 0.768 bits per heavy atom. The van der Waals surface area contributed by atoms with Crippen molar-refractivity contribution in [3.05, 3.63) is 0 Å². The topological polar surface area (TPSA) is 221 Å². The molecule has 0 spiro atoms. The van der Waals surface area contributed by atoms with Crippen molar-refractivity contribution < 1.29 is 71.5 Å². The van der Waals surface area contributed by atoms with E-state index in [1.165, 1.54) is 14.7 Å². The van der Waals surface area contributed by atoms with Crippen molar-refractivity contribution in [2.45, 2.75) is 38.5 Å². The van der Waals surface area contributed by atoms with Crippen LogP contribution in [0.3, 0.4) is 0 Å². The maximum Gasteiger partial charge on any atom is 0.410 e. The summed E-state index contributed by atoms with van der Waals surface area (Å²) in [5, 5.41) is 0. The lowest BCUT2D eigenvalue weighted by Crippen LogP contribution is -2.39. The number of hydrogen-bond acceptors (Lipinski definition) is 17. The zero-order valence-electron chi connectivity index (χ0n) is 31.9. The fraction of sp³-hybridized carbons (Fsp3) is 0.771. The molecular weight excluding hydrogens is 744 g/mol. The minimum Gasteiger partial charge on any atom is -0.464 e. The number of carbonyl (C=O) groups is 8. The Morgan fingerprint density at radius 1 is 0.446 bits per heavy atom. The first kappa shape index (κ1) is 43.8. The fourth-order valence-corrected chi connectivity index (χ4v) is 6.12. The monoisotopic (exact) mass is 798 g/mol. The predicted molar refractivity (Wildman–Crippen MR) is 190 cm³/mol. The van der Waals surface area contributed by atoms with Crippen LogP contribution >= 0.6 is 0 Å². The summed E-state index contributed by atoms with van der Waals surface area (Å²) in [7, 11) is 0. The average molecular weight is 799 g/mol. The van der Waals surface area contributed by atoms with Gasteiger partial charge < -0.3 is 62.6 Å². The second-order valence-electron chi connectivity index (χ2n) is 13.4. The van der Waals surface area contributed by atoms with Gasteiger partial charge in [0.2, 0.25) is 0 Å². The summed E-state index contributed by atoms with van der Waals surface area (Å²) in [6.07, 6.45) is -0.777. The summed E-state index contributed by atoms with van der Waals surface area (Å²) in [5.74, 6) is -1.46. The van der Waals surface area contributed by atoms with E-state index >= 15 is 0 Å². The van der Waals surface area contributed by atoms with E-state index in [0.717, 1.165) is 0 Å². The lowest BCUT2D eigenvalue weighted by atomic mass is 10.1. The Morgan fingerprint density at radius 3 is 1.09 bits per heavy atom. The van der Waals surface area contributed by atoms with Crippen LogP contribution in [0.15, 0.2) is 0 Å². The Balaban J connectivity index is 1.27. The molecule has 4 aliphatic heterocycles. The van der Waals surface area contributed by atoms with E-state index in [1.54, 1.807) is 4.90 Å². The molecule has 0 atom stereocenters. The molecule has 0 aliphatic carbocycles. The molecule has 4 heterocycles. The normalized spacial score (nSPS) is 16.8. The van der Waals surface area contributed by atoms with Crippen LogP contribution < -0.4 is 0 Å². The number of esters is 3. The summed E-state index contributed by atoms with van der Waals surface area (Å²) >= 11 is 0. The second-order valence-corrected chi connectivity index (χ2v) is 13.4. The van der Waals surface area contributed by atoms with Crippen molar-refractivity contribution in [3.63, 3.8) is 0 Å². The molecule has 0 saturated carbocycles. The number of carbonyl (C=O) groups excluding carboxylic acids is 8. The summed E-state index contributed by atoms with van der Waals surface area (Å²) in [6, 6.07) is 0. The molecule has 56 heavy (non-hydrogen) atoms. The molecule has 314 valence electrons. The highest BCUT2D eigenvalue weighted by Gasteiger charge is 2.25. The standard InChI is InChI=1S/C35H54N6O15/c42-28(2-1-7-38-17-24-53-32(38)46)3-8-36(9-4-29(43)50-21-14-39-18-25-54-33(39)47)12-13-37(10-5-30(44)51-22-15-40-19-26-55-34(40)48)11-6-31(45)52-23-16-41-20-27-56-35(41)49/h1-27H2. The molecule has 4 rings (SSSR count). The van der Waals surface area contributed by atoms with Crippen molar-refractivity contribution in [2.75, 3.05) is 138 Å². The van der Waals surface area contributed by atoms with Gasteiger partial charge in [-0.05, 0) is 6.42 Å². The number of Topliss-reactive ketones (excluding diaryl/α,β-unsaturated/α-hetero) is 1. The fourth-order valence-electron chi connectivity index (χ4n) is 6.12. The van der Waals surface area contributed by atoms with Crippen LogP contribution in [0.25, 0.3) is 0 Å². The number of ether oxygens (including phenoxy) is 7. The van der Waals surface area contributed by atoms with Gasteiger partial charge in [-0.2, -0.15) is 0 Å². The van der Waals surface area contributed by atoms with E-state index in [1.807, 2.05) is 9.80 Å². The number of amides is 4. The third-order valence-electron chi connectivity index (χ3n) is 9.47. The minimum absolute atomic E-state index is 0.00347. The molecule has 0 N–H and O–H groups in total. The van der Waals surface area contributed by atoms with E-state index in [0.29, 0.717) is 65.4 Å². The zero-order valence-corrected chi connectivity index (χ0v) is 31.9. The van der Waals surface area contributed by atoms with Gasteiger partial charge in [-0.3, -0.25) is 19.2 Å². The number of nitrogens with zero attached hydrogens (tertiary/aromatic N) is 6. The molecule has 0 bridgehead atoms. The first-order chi connectivity index (χ1) is 27.1. The molecule has 21 nitrogen and oxygen atoms in total. The van der Waals surface area contributed by atoms with Gasteiger partial charge in [-0.1, -0.05) is 0 Å². The molecular formula is C35H54N6O15. The van der Waals surface area contributed by atoms with Crippen LogP contribution in [0.1, 0.15) is 38.5 Å². The largest absolute Gasteiger partial charge is 0.464 e. The molecule has 0 aromatic heterocycles. The van der Waals surface area contributed by atoms with Gasteiger partial charge in [0, 0.05) is 58.7 Å². The Kier molecular flexibility index (Phi) is 18.7.